The van der Waals surface area contributed by atoms with Crippen molar-refractivity contribution < 1.29 is 24.2 Å². The largest absolute Gasteiger partial charge is 0.507 e. The molecular weight excluding hydrogens is 382 g/mol. The number of nitrogens with zero attached hydrogens (tertiary/aromatic N) is 1. The van der Waals surface area contributed by atoms with Gasteiger partial charge in [0.1, 0.15) is 17.3 Å². The van der Waals surface area contributed by atoms with Crippen LogP contribution in [-0.2, 0) is 9.59 Å². The van der Waals surface area contributed by atoms with E-state index in [1.54, 1.807) is 48.4 Å². The average Bonchev–Trinajstić information content (AvgIpc) is 3.03. The van der Waals surface area contributed by atoms with Gasteiger partial charge in [-0.25, -0.2) is 0 Å². The minimum Gasteiger partial charge on any atom is -0.507 e. The number of carbonyl (C=O) groups is 2. The lowest BCUT2D eigenvalue weighted by molar-refractivity contribution is -0.139. The number of ketones is 1. The van der Waals surface area contributed by atoms with Crippen LogP contribution in [0.4, 0.5) is 0 Å². The molecule has 3 rings (SSSR count). The van der Waals surface area contributed by atoms with Crippen LogP contribution in [0.2, 0.25) is 0 Å². The van der Waals surface area contributed by atoms with Crippen LogP contribution in [0, 0.1) is 0 Å². The van der Waals surface area contributed by atoms with E-state index in [9.17, 15) is 14.7 Å². The molecule has 1 aliphatic rings. The molecule has 1 atom stereocenters. The number of aliphatic hydroxyl groups excluding tert-OH is 1. The first-order chi connectivity index (χ1) is 14.5. The van der Waals surface area contributed by atoms with Gasteiger partial charge in [-0.15, -0.1) is 0 Å². The zero-order chi connectivity index (χ0) is 21.7. The van der Waals surface area contributed by atoms with Crippen molar-refractivity contribution in [2.24, 2.45) is 0 Å². The quantitative estimate of drug-likeness (QED) is 0.304. The van der Waals surface area contributed by atoms with Crippen LogP contribution < -0.4 is 9.47 Å². The number of Topliss-reactive ketones (excluding diaryl/α,β-unsaturated/α-hetero) is 1. The second kappa shape index (κ2) is 9.48. The number of unbranched alkanes of at least 4 members (excludes halogenated alkanes) is 2. The molecule has 0 spiro atoms. The molecule has 1 fully saturated rings. The van der Waals surface area contributed by atoms with Gasteiger partial charge in [-0.05, 0) is 36.2 Å². The van der Waals surface area contributed by atoms with E-state index in [0.29, 0.717) is 29.2 Å². The second-order valence-electron chi connectivity index (χ2n) is 7.18. The number of methoxy groups -OCH3 is 2. The molecule has 6 nitrogen and oxygen atoms in total. The first-order valence-corrected chi connectivity index (χ1v) is 10.1. The molecule has 0 bridgehead atoms. The van der Waals surface area contributed by atoms with Crippen LogP contribution in [0.1, 0.15) is 43.4 Å². The number of hydrogen-bond acceptors (Lipinski definition) is 5. The molecule has 158 valence electrons. The number of carbonyl (C=O) groups excluding carboxylic acids is 2. The number of para-hydroxylation sites is 1. The van der Waals surface area contributed by atoms with Gasteiger partial charge in [-0.3, -0.25) is 9.59 Å². The number of amides is 1. The highest BCUT2D eigenvalue weighted by Crippen LogP contribution is 2.41. The highest BCUT2D eigenvalue weighted by Gasteiger charge is 2.46. The van der Waals surface area contributed by atoms with E-state index >= 15 is 0 Å². The molecule has 0 aromatic heterocycles. The third kappa shape index (κ3) is 4.03. The third-order valence-corrected chi connectivity index (χ3v) is 5.31. The number of hydrogen-bond donors (Lipinski definition) is 1. The molecule has 1 N–H and O–H groups in total. The predicted molar refractivity (Wildman–Crippen MR) is 115 cm³/mol. The molecule has 1 unspecified atom stereocenters. The SMILES string of the molecule is CCCCCN1C(=O)C(=O)/C(=C(\O)c2ccccc2OC)C1c1cccc(OC)c1. The summed E-state index contributed by atoms with van der Waals surface area (Å²) in [5.74, 6) is -0.491. The molecule has 30 heavy (non-hydrogen) atoms. The van der Waals surface area contributed by atoms with Crippen molar-refractivity contribution in [3.8, 4) is 11.5 Å². The minimum atomic E-state index is -0.693. The summed E-state index contributed by atoms with van der Waals surface area (Å²) in [4.78, 5) is 27.5. The smallest absolute Gasteiger partial charge is 0.295 e. The van der Waals surface area contributed by atoms with E-state index in [-0.39, 0.29) is 11.3 Å². The molecule has 0 saturated carbocycles. The van der Waals surface area contributed by atoms with E-state index in [1.165, 1.54) is 7.11 Å². The number of aliphatic hydroxyl groups is 1. The van der Waals surface area contributed by atoms with E-state index in [4.69, 9.17) is 9.47 Å². The lowest BCUT2D eigenvalue weighted by atomic mass is 9.94. The molecule has 6 heteroatoms. The highest BCUT2D eigenvalue weighted by molar-refractivity contribution is 6.46. The first-order valence-electron chi connectivity index (χ1n) is 10.1. The Balaban J connectivity index is 2.17. The Kier molecular flexibility index (Phi) is 6.77. The number of ether oxygens (including phenoxy) is 2. The van der Waals surface area contributed by atoms with Gasteiger partial charge < -0.3 is 19.5 Å². The predicted octanol–water partition coefficient (Wildman–Crippen LogP) is 4.32. The van der Waals surface area contributed by atoms with Gasteiger partial charge in [-0.1, -0.05) is 44.0 Å². The zero-order valence-electron chi connectivity index (χ0n) is 17.6. The van der Waals surface area contributed by atoms with E-state index in [0.717, 1.165) is 19.3 Å². The van der Waals surface area contributed by atoms with Gasteiger partial charge in [-0.2, -0.15) is 0 Å². The van der Waals surface area contributed by atoms with E-state index in [2.05, 4.69) is 6.92 Å². The average molecular weight is 409 g/mol. The third-order valence-electron chi connectivity index (χ3n) is 5.31. The van der Waals surface area contributed by atoms with Crippen LogP contribution in [0.25, 0.3) is 5.76 Å². The number of benzene rings is 2. The minimum absolute atomic E-state index is 0.0641. The Morgan fingerprint density at radius 2 is 1.80 bits per heavy atom. The molecule has 1 heterocycles. The summed E-state index contributed by atoms with van der Waals surface area (Å²) >= 11 is 0. The standard InChI is InChI=1S/C24H27NO5/c1-4-5-8-14-25-21(16-10-9-11-17(15-16)29-2)20(23(27)24(25)28)22(26)18-12-6-7-13-19(18)30-3/h6-7,9-13,15,21,26H,4-5,8,14H2,1-3H3/b22-20-. The lowest BCUT2D eigenvalue weighted by Crippen LogP contribution is -2.30. The molecule has 1 saturated heterocycles. The summed E-state index contributed by atoms with van der Waals surface area (Å²) < 4.78 is 10.7. The van der Waals surface area contributed by atoms with Crippen molar-refractivity contribution >= 4 is 17.4 Å². The topological polar surface area (TPSA) is 76.1 Å². The molecule has 1 amide bonds. The molecule has 2 aromatic carbocycles. The second-order valence-corrected chi connectivity index (χ2v) is 7.18. The maximum atomic E-state index is 13.0. The monoisotopic (exact) mass is 409 g/mol. The summed E-state index contributed by atoms with van der Waals surface area (Å²) in [5.41, 5.74) is 1.15. The van der Waals surface area contributed by atoms with Crippen molar-refractivity contribution in [2.75, 3.05) is 20.8 Å². The summed E-state index contributed by atoms with van der Waals surface area (Å²) in [6.07, 6.45) is 2.72. The van der Waals surface area contributed by atoms with Crippen LogP contribution in [-0.4, -0.2) is 42.5 Å². The fourth-order valence-corrected chi connectivity index (χ4v) is 3.79. The van der Waals surface area contributed by atoms with Gasteiger partial charge in [0.25, 0.3) is 11.7 Å². The lowest BCUT2D eigenvalue weighted by Gasteiger charge is -2.25. The maximum Gasteiger partial charge on any atom is 0.295 e. The first kappa shape index (κ1) is 21.4. The van der Waals surface area contributed by atoms with Crippen molar-refractivity contribution in [2.45, 2.75) is 32.2 Å². The summed E-state index contributed by atoms with van der Waals surface area (Å²) in [6.45, 7) is 2.51. The Bertz CT molecular complexity index is 966. The van der Waals surface area contributed by atoms with Crippen molar-refractivity contribution in [3.63, 3.8) is 0 Å². The molecule has 0 radical (unpaired) electrons. The molecular formula is C24H27NO5. The van der Waals surface area contributed by atoms with Gasteiger partial charge in [0.2, 0.25) is 0 Å². The Labute approximate surface area is 176 Å². The Morgan fingerprint density at radius 3 is 2.50 bits per heavy atom. The fraction of sp³-hybridized carbons (Fsp3) is 0.333. The van der Waals surface area contributed by atoms with Gasteiger partial charge in [0, 0.05) is 6.54 Å². The molecule has 2 aromatic rings. The van der Waals surface area contributed by atoms with E-state index in [1.807, 2.05) is 12.1 Å². The number of rotatable bonds is 8. The summed E-state index contributed by atoms with van der Waals surface area (Å²) in [5, 5.41) is 11.1. The van der Waals surface area contributed by atoms with Crippen LogP contribution >= 0.6 is 0 Å². The zero-order valence-corrected chi connectivity index (χ0v) is 17.6. The Hall–Kier alpha value is -3.28. The molecule has 1 aliphatic heterocycles. The van der Waals surface area contributed by atoms with Crippen LogP contribution in [0.3, 0.4) is 0 Å². The Morgan fingerprint density at radius 1 is 1.03 bits per heavy atom. The number of likely N-dealkylation sites (tertiary alicyclic amines) is 1. The van der Waals surface area contributed by atoms with Crippen molar-refractivity contribution in [1.29, 1.82) is 0 Å². The van der Waals surface area contributed by atoms with Gasteiger partial charge in [0.05, 0.1) is 31.4 Å². The highest BCUT2D eigenvalue weighted by atomic mass is 16.5. The molecule has 0 aliphatic carbocycles. The van der Waals surface area contributed by atoms with Crippen LogP contribution in [0.15, 0.2) is 54.1 Å². The van der Waals surface area contributed by atoms with Crippen LogP contribution in [0.5, 0.6) is 11.5 Å². The van der Waals surface area contributed by atoms with E-state index < -0.39 is 17.7 Å². The summed E-state index contributed by atoms with van der Waals surface area (Å²) in [7, 11) is 3.06. The fourth-order valence-electron chi connectivity index (χ4n) is 3.79. The normalized spacial score (nSPS) is 18.0. The van der Waals surface area contributed by atoms with Gasteiger partial charge in [0.15, 0.2) is 0 Å². The van der Waals surface area contributed by atoms with Gasteiger partial charge >= 0.3 is 0 Å². The van der Waals surface area contributed by atoms with Crippen molar-refractivity contribution in [3.05, 3.63) is 65.2 Å². The summed E-state index contributed by atoms with van der Waals surface area (Å²) in [6, 6.07) is 13.4. The van der Waals surface area contributed by atoms with Crippen molar-refractivity contribution in [1.82, 2.24) is 4.90 Å². The maximum absolute atomic E-state index is 13.0.